The Balaban J connectivity index is 1.15. The van der Waals surface area contributed by atoms with E-state index in [0.717, 1.165) is 67.7 Å². The largest absolute Gasteiger partial charge is 0.480 e. The number of nitrogens with one attached hydrogen (secondary N) is 1. The number of benzene rings is 1. The second-order valence-electron chi connectivity index (χ2n) is 11.2. The van der Waals surface area contributed by atoms with E-state index in [2.05, 4.69) is 26.7 Å². The van der Waals surface area contributed by atoms with Crippen molar-refractivity contribution in [1.82, 2.24) is 9.88 Å². The zero-order chi connectivity index (χ0) is 27.2. The quantitative estimate of drug-likeness (QED) is 0.276. The number of hydrogen-bond acceptors (Lipinski definition) is 6. The minimum absolute atomic E-state index is 0.0430. The minimum atomic E-state index is -1.42. The van der Waals surface area contributed by atoms with Crippen LogP contribution < -0.4 is 5.32 Å². The number of carboxylic acids is 1. The number of alkyl halides is 1. The van der Waals surface area contributed by atoms with E-state index in [1.165, 1.54) is 5.56 Å². The van der Waals surface area contributed by atoms with Gasteiger partial charge in [-0.05, 0) is 80.7 Å². The molecule has 0 bridgehead atoms. The van der Waals surface area contributed by atoms with Crippen molar-refractivity contribution in [2.45, 2.75) is 75.5 Å². The molecule has 212 valence electrons. The highest BCUT2D eigenvalue weighted by Crippen LogP contribution is 2.42. The van der Waals surface area contributed by atoms with E-state index < -0.39 is 17.4 Å². The molecule has 2 saturated heterocycles. The summed E-state index contributed by atoms with van der Waals surface area (Å²) in [5.74, 6) is -0.133. The van der Waals surface area contributed by atoms with Gasteiger partial charge in [0.25, 0.3) is 0 Å². The second-order valence-corrected chi connectivity index (χ2v) is 12.2. The first kappa shape index (κ1) is 28.4. The third kappa shape index (κ3) is 7.15. The van der Waals surface area contributed by atoms with E-state index in [9.17, 15) is 9.90 Å². The summed E-state index contributed by atoms with van der Waals surface area (Å²) in [5, 5.41) is 12.2. The molecule has 39 heavy (non-hydrogen) atoms. The van der Waals surface area contributed by atoms with Crippen molar-refractivity contribution in [3.05, 3.63) is 58.8 Å². The number of aryl methyl sites for hydroxylation is 2. The SMILES string of the molecule is O=C(O)[C@@H](c1ccccc1CO[C@H]1CCOC1)N1CCC(C(F)(P)CCCCc2ccc3c(n2)NCCC3)C1. The lowest BCUT2D eigenvalue weighted by Gasteiger charge is -2.30. The van der Waals surface area contributed by atoms with Gasteiger partial charge in [-0.2, -0.15) is 0 Å². The number of rotatable bonds is 12. The van der Waals surface area contributed by atoms with Gasteiger partial charge in [-0.15, -0.1) is 0 Å². The highest BCUT2D eigenvalue weighted by atomic mass is 31.0. The molecule has 3 unspecified atom stereocenters. The van der Waals surface area contributed by atoms with Gasteiger partial charge in [-0.3, -0.25) is 9.69 Å². The molecule has 4 heterocycles. The van der Waals surface area contributed by atoms with Gasteiger partial charge in [0.05, 0.1) is 19.3 Å². The van der Waals surface area contributed by atoms with Crippen LogP contribution in [-0.4, -0.2) is 65.3 Å². The average Bonchev–Trinajstić information content (AvgIpc) is 3.64. The van der Waals surface area contributed by atoms with Crippen LogP contribution in [0.25, 0.3) is 0 Å². The number of hydrogen-bond donors (Lipinski definition) is 2. The predicted octanol–water partition coefficient (Wildman–Crippen LogP) is 5.15. The lowest BCUT2D eigenvalue weighted by molar-refractivity contribution is -0.143. The molecule has 2 fully saturated rings. The van der Waals surface area contributed by atoms with Crippen molar-refractivity contribution in [3.8, 4) is 0 Å². The Bertz CT molecular complexity index is 1130. The van der Waals surface area contributed by atoms with Crippen LogP contribution >= 0.6 is 9.24 Å². The van der Waals surface area contributed by atoms with Crippen LogP contribution in [0.5, 0.6) is 0 Å². The molecule has 0 aliphatic carbocycles. The molecule has 2 aromatic rings. The molecule has 0 amide bonds. The Morgan fingerprint density at radius 3 is 2.97 bits per heavy atom. The van der Waals surface area contributed by atoms with E-state index in [4.69, 9.17) is 14.5 Å². The van der Waals surface area contributed by atoms with Crippen LogP contribution in [0.1, 0.15) is 67.0 Å². The number of carboxylic acid groups (broad SMARTS) is 1. The molecule has 2 N–H and O–H groups in total. The first-order valence-corrected chi connectivity index (χ1v) is 14.9. The van der Waals surface area contributed by atoms with Crippen molar-refractivity contribution < 1.29 is 23.8 Å². The van der Waals surface area contributed by atoms with Crippen molar-refractivity contribution in [2.24, 2.45) is 5.92 Å². The number of nitrogens with zero attached hydrogens (tertiary/aromatic N) is 2. The summed E-state index contributed by atoms with van der Waals surface area (Å²) in [6.45, 7) is 3.56. The van der Waals surface area contributed by atoms with Crippen molar-refractivity contribution in [3.63, 3.8) is 0 Å². The topological polar surface area (TPSA) is 83.9 Å². The zero-order valence-electron chi connectivity index (χ0n) is 22.6. The van der Waals surface area contributed by atoms with Gasteiger partial charge in [-0.1, -0.05) is 39.6 Å². The lowest BCUT2D eigenvalue weighted by Crippen LogP contribution is -2.35. The first-order chi connectivity index (χ1) is 18.9. The summed E-state index contributed by atoms with van der Waals surface area (Å²) in [6.07, 6.45) is 6.65. The number of anilines is 1. The Morgan fingerprint density at radius 2 is 2.15 bits per heavy atom. The molecular formula is C30H41FN3O4P. The Hall–Kier alpha value is -2.12. The molecule has 0 spiro atoms. The van der Waals surface area contributed by atoms with Crippen LogP contribution in [0, 0.1) is 5.92 Å². The monoisotopic (exact) mass is 557 g/mol. The number of ether oxygens (including phenoxy) is 2. The Morgan fingerprint density at radius 1 is 1.28 bits per heavy atom. The summed E-state index contributed by atoms with van der Waals surface area (Å²) in [4.78, 5) is 19.2. The summed E-state index contributed by atoms with van der Waals surface area (Å²) in [7, 11) is 2.45. The van der Waals surface area contributed by atoms with Crippen LogP contribution in [0.3, 0.4) is 0 Å². The highest BCUT2D eigenvalue weighted by molar-refractivity contribution is 7.18. The summed E-state index contributed by atoms with van der Waals surface area (Å²) in [6, 6.07) is 11.0. The van der Waals surface area contributed by atoms with Gasteiger partial charge < -0.3 is 19.9 Å². The Labute approximate surface area is 233 Å². The van der Waals surface area contributed by atoms with Crippen molar-refractivity contribution in [1.29, 1.82) is 0 Å². The third-order valence-corrected chi connectivity index (χ3v) is 9.16. The van der Waals surface area contributed by atoms with E-state index in [1.807, 2.05) is 29.2 Å². The molecule has 5 rings (SSSR count). The Kier molecular flexibility index (Phi) is 9.49. The number of unbranched alkanes of at least 4 members (excludes halogenated alkanes) is 1. The average molecular weight is 558 g/mol. The fourth-order valence-electron chi connectivity index (χ4n) is 6.10. The molecule has 5 atom stereocenters. The number of fused-ring (bicyclic) bond motifs is 1. The maximum atomic E-state index is 15.9. The number of likely N-dealkylation sites (tertiary alicyclic amines) is 1. The van der Waals surface area contributed by atoms with Crippen molar-refractivity contribution in [2.75, 3.05) is 38.2 Å². The summed E-state index contributed by atoms with van der Waals surface area (Å²) < 4.78 is 27.3. The standard InChI is InChI=1S/C30H41FN3O4P/c31-30(39,14-4-3-8-24-11-10-21-7-5-15-32-28(21)33-24)23-12-16-34(18-23)27(29(35)36)26-9-2-1-6-22(26)19-38-25-13-17-37-20-25/h1-2,6,9-11,23,25,27H,3-5,7-8,12-20,39H2,(H,32,33)(H,35,36)/t23?,25-,27+,30?/m0/s1. The van der Waals surface area contributed by atoms with Crippen LogP contribution in [0.2, 0.25) is 0 Å². The van der Waals surface area contributed by atoms with Crippen molar-refractivity contribution >= 4 is 21.0 Å². The molecule has 1 aromatic carbocycles. The number of aromatic nitrogens is 1. The minimum Gasteiger partial charge on any atom is -0.480 e. The molecule has 0 radical (unpaired) electrons. The number of carbonyl (C=O) groups is 1. The van der Waals surface area contributed by atoms with Gasteiger partial charge in [0.15, 0.2) is 0 Å². The van der Waals surface area contributed by atoms with E-state index in [-0.39, 0.29) is 12.0 Å². The number of halogens is 1. The smallest absolute Gasteiger partial charge is 0.325 e. The molecule has 1 aromatic heterocycles. The van der Waals surface area contributed by atoms with E-state index in [0.29, 0.717) is 45.8 Å². The van der Waals surface area contributed by atoms with E-state index >= 15 is 4.39 Å². The van der Waals surface area contributed by atoms with Gasteiger partial charge in [0.2, 0.25) is 0 Å². The molecule has 9 heteroatoms. The number of aliphatic carboxylic acids is 1. The maximum absolute atomic E-state index is 15.9. The fourth-order valence-corrected chi connectivity index (χ4v) is 6.57. The lowest BCUT2D eigenvalue weighted by atomic mass is 9.96. The van der Waals surface area contributed by atoms with E-state index in [1.54, 1.807) is 0 Å². The predicted molar refractivity (Wildman–Crippen MR) is 153 cm³/mol. The third-order valence-electron chi connectivity index (χ3n) is 8.40. The summed E-state index contributed by atoms with van der Waals surface area (Å²) in [5.41, 5.74) is 3.92. The number of pyridine rings is 1. The molecule has 7 nitrogen and oxygen atoms in total. The normalized spacial score (nSPS) is 23.6. The van der Waals surface area contributed by atoms with Gasteiger partial charge in [0.1, 0.15) is 17.3 Å². The molecule has 3 aliphatic rings. The zero-order valence-corrected chi connectivity index (χ0v) is 23.8. The summed E-state index contributed by atoms with van der Waals surface area (Å²) >= 11 is 0. The molecular weight excluding hydrogens is 516 g/mol. The second kappa shape index (κ2) is 13.0. The first-order valence-electron chi connectivity index (χ1n) is 14.3. The maximum Gasteiger partial charge on any atom is 0.325 e. The highest BCUT2D eigenvalue weighted by Gasteiger charge is 2.42. The van der Waals surface area contributed by atoms with Gasteiger partial charge >= 0.3 is 5.97 Å². The molecule has 3 aliphatic heterocycles. The van der Waals surface area contributed by atoms with Gasteiger partial charge in [-0.25, -0.2) is 9.37 Å². The van der Waals surface area contributed by atoms with Crippen LogP contribution in [0.15, 0.2) is 36.4 Å². The fraction of sp³-hybridized carbons (Fsp3) is 0.600. The van der Waals surface area contributed by atoms with Crippen LogP contribution in [-0.2, 0) is 33.7 Å². The van der Waals surface area contributed by atoms with Crippen LogP contribution in [0.4, 0.5) is 10.2 Å². The molecule has 0 saturated carbocycles. The van der Waals surface area contributed by atoms with Gasteiger partial charge in [0, 0.05) is 31.3 Å².